The van der Waals surface area contributed by atoms with Crippen LogP contribution in [0.3, 0.4) is 0 Å². The van der Waals surface area contributed by atoms with E-state index in [1.165, 1.54) is 57.7 Å². The Morgan fingerprint density at radius 3 is 2.45 bits per heavy atom. The van der Waals surface area contributed by atoms with Crippen LogP contribution in [0, 0.1) is 6.92 Å². The van der Waals surface area contributed by atoms with Gasteiger partial charge in [0.05, 0.1) is 5.56 Å². The molecule has 1 fully saturated rings. The fourth-order valence-electron chi connectivity index (χ4n) is 5.62. The number of carbonyl (C=O) groups excluding carboxylic acids is 3. The number of benzene rings is 2. The number of nitrogens with zero attached hydrogens (tertiary/aromatic N) is 7. The van der Waals surface area contributed by atoms with Crippen LogP contribution in [-0.4, -0.2) is 137 Å². The Hall–Kier alpha value is -5.59. The van der Waals surface area contributed by atoms with Crippen molar-refractivity contribution >= 4 is 105 Å². The van der Waals surface area contributed by atoms with Crippen LogP contribution in [0.25, 0.3) is 5.78 Å². The molecule has 7 rings (SSSR count). The fraction of sp³-hybridized carbons (Fsp3) is 0.206. The van der Waals surface area contributed by atoms with E-state index in [1.807, 2.05) is 0 Å². The number of carbonyl (C=O) groups is 4. The summed E-state index contributed by atoms with van der Waals surface area (Å²) in [5, 5.41) is 61.1. The van der Waals surface area contributed by atoms with Crippen molar-refractivity contribution in [1.82, 2.24) is 34.8 Å². The van der Waals surface area contributed by atoms with Gasteiger partial charge in [-0.15, -0.1) is 40.0 Å². The topological polar surface area (TPSA) is 298 Å². The molecular weight excluding hydrogens is 830 g/mol. The van der Waals surface area contributed by atoms with E-state index in [0.717, 1.165) is 28.4 Å². The van der Waals surface area contributed by atoms with Crippen molar-refractivity contribution in [3.05, 3.63) is 87.5 Å². The minimum atomic E-state index is -1.33. The first-order valence-corrected chi connectivity index (χ1v) is 19.4. The van der Waals surface area contributed by atoms with Gasteiger partial charge in [-0.05, 0) is 54.5 Å². The molecule has 20 nitrogen and oxygen atoms in total. The Balaban J connectivity index is 0.00000567. The summed E-state index contributed by atoms with van der Waals surface area (Å²) in [4.78, 5) is 71.4. The molecule has 296 valence electrons. The number of fused-ring (bicyclic) bond motifs is 2. The van der Waals surface area contributed by atoms with Crippen LogP contribution in [0.2, 0.25) is 0 Å². The van der Waals surface area contributed by atoms with E-state index in [-0.39, 0.29) is 105 Å². The maximum absolute atomic E-state index is 13.5. The first-order chi connectivity index (χ1) is 27.3. The number of phenols is 4. The molecule has 2 aliphatic heterocycles. The van der Waals surface area contributed by atoms with Crippen LogP contribution in [0.15, 0.2) is 69.3 Å². The Morgan fingerprint density at radius 1 is 1.02 bits per heavy atom. The number of anilines is 1. The van der Waals surface area contributed by atoms with Crippen LogP contribution in [0.1, 0.15) is 33.1 Å². The zero-order valence-corrected chi connectivity index (χ0v) is 31.7. The maximum atomic E-state index is 13.5. The Bertz CT molecular complexity index is 2530. The van der Waals surface area contributed by atoms with E-state index in [0.29, 0.717) is 21.9 Å². The third kappa shape index (κ3) is 8.78. The average molecular weight is 860 g/mol. The molecule has 0 radical (unpaired) electrons. The van der Waals surface area contributed by atoms with E-state index in [1.54, 1.807) is 13.0 Å². The number of carboxylic acid groups (broad SMARTS) is 1. The van der Waals surface area contributed by atoms with Gasteiger partial charge in [0, 0.05) is 22.6 Å². The summed E-state index contributed by atoms with van der Waals surface area (Å²) in [5.74, 6) is -4.52. The van der Waals surface area contributed by atoms with Gasteiger partial charge in [0.15, 0.2) is 46.3 Å². The van der Waals surface area contributed by atoms with Gasteiger partial charge in [-0.25, -0.2) is 19.6 Å². The van der Waals surface area contributed by atoms with E-state index >= 15 is 0 Å². The van der Waals surface area contributed by atoms with E-state index in [4.69, 9.17) is 15.3 Å². The van der Waals surface area contributed by atoms with Crippen LogP contribution < -0.4 is 11.1 Å². The van der Waals surface area contributed by atoms with Gasteiger partial charge in [-0.2, -0.15) is 9.50 Å². The van der Waals surface area contributed by atoms with Crippen molar-refractivity contribution in [1.29, 1.82) is 0 Å². The molecule has 0 spiro atoms. The SMILES string of the molecule is Cc1cc(SCC2=C(C(=O)O)N3C(=O)[C@@H](NC(=O)/C(=N\OCc4ccc(O)c(O)c4)c4csc(N)n4)[C@H]3SC2)n2nc(COC(=O)c3ccc(O)c(O)c3)nc2n1.[NaH]. The third-order valence-electron chi connectivity index (χ3n) is 8.33. The summed E-state index contributed by atoms with van der Waals surface area (Å²) in [7, 11) is 0. The number of nitrogens with two attached hydrogens (primary N) is 1. The number of aliphatic carboxylic acids is 1. The Labute approximate surface area is 361 Å². The molecule has 0 unspecified atom stereocenters. The van der Waals surface area contributed by atoms with E-state index in [9.17, 15) is 44.7 Å². The summed E-state index contributed by atoms with van der Waals surface area (Å²) < 4.78 is 6.69. The van der Waals surface area contributed by atoms with Crippen LogP contribution >= 0.6 is 34.9 Å². The number of rotatable bonds is 13. The molecule has 24 heteroatoms. The number of hydrogen-bond donors (Lipinski definition) is 7. The molecular formula is C34H30N9NaO11S3. The zero-order chi connectivity index (χ0) is 40.5. The number of oxime groups is 1. The quantitative estimate of drug-likeness (QED) is 0.0129. The molecule has 2 amide bonds. The molecule has 3 aromatic heterocycles. The molecule has 2 atom stereocenters. The van der Waals surface area contributed by atoms with Crippen molar-refractivity contribution < 1.29 is 54.3 Å². The van der Waals surface area contributed by atoms with Crippen LogP contribution in [0.4, 0.5) is 5.13 Å². The molecule has 5 heterocycles. The number of β-lactam (4-membered cyclic amide) rings is 1. The normalized spacial score (nSPS) is 16.3. The number of aromatic hydroxyl groups is 4. The monoisotopic (exact) mass is 859 g/mol. The van der Waals surface area contributed by atoms with Crippen molar-refractivity contribution in [2.24, 2.45) is 5.16 Å². The average Bonchev–Trinajstić information content (AvgIpc) is 3.80. The van der Waals surface area contributed by atoms with Gasteiger partial charge < -0.3 is 46.2 Å². The van der Waals surface area contributed by atoms with Gasteiger partial charge in [0.2, 0.25) is 0 Å². The second kappa shape index (κ2) is 17.5. The van der Waals surface area contributed by atoms with Gasteiger partial charge >= 0.3 is 41.5 Å². The van der Waals surface area contributed by atoms with E-state index < -0.39 is 46.7 Å². The predicted molar refractivity (Wildman–Crippen MR) is 210 cm³/mol. The zero-order valence-electron chi connectivity index (χ0n) is 29.2. The molecule has 0 bridgehead atoms. The summed E-state index contributed by atoms with van der Waals surface area (Å²) in [6, 6.07) is 8.10. The molecule has 0 saturated carbocycles. The van der Waals surface area contributed by atoms with Gasteiger partial charge in [-0.3, -0.25) is 14.5 Å². The van der Waals surface area contributed by atoms with Crippen molar-refractivity contribution in [2.75, 3.05) is 17.2 Å². The number of esters is 1. The molecule has 1 saturated heterocycles. The Kier molecular flexibility index (Phi) is 12.7. The first kappa shape index (κ1) is 42.0. The number of thioether (sulfide) groups is 2. The van der Waals surface area contributed by atoms with Crippen LogP contribution in [-0.2, 0) is 37.2 Å². The van der Waals surface area contributed by atoms with E-state index in [2.05, 4.69) is 30.5 Å². The minimum absolute atomic E-state index is 0. The number of hydrogen-bond acceptors (Lipinski definition) is 19. The molecule has 0 aliphatic carbocycles. The van der Waals surface area contributed by atoms with Crippen LogP contribution in [0.5, 0.6) is 23.0 Å². The predicted octanol–water partition coefficient (Wildman–Crippen LogP) is 1.45. The number of aryl methyl sites for hydroxylation is 1. The van der Waals surface area contributed by atoms with Gasteiger partial charge in [-0.1, -0.05) is 11.2 Å². The summed E-state index contributed by atoms with van der Waals surface area (Å²) in [6.07, 6.45) is 0. The summed E-state index contributed by atoms with van der Waals surface area (Å²) in [5.41, 5.74) is 6.80. The number of phenolic OH excluding ortho intramolecular Hbond substituents is 4. The summed E-state index contributed by atoms with van der Waals surface area (Å²) >= 11 is 3.54. The fourth-order valence-corrected chi connectivity index (χ4v) is 8.70. The molecule has 5 aromatic rings. The second-order valence-electron chi connectivity index (χ2n) is 12.3. The number of amides is 2. The number of nitrogen functional groups attached to an aromatic ring is 1. The third-order valence-corrected chi connectivity index (χ3v) is 11.4. The second-order valence-corrected chi connectivity index (χ2v) is 15.3. The first-order valence-electron chi connectivity index (χ1n) is 16.5. The van der Waals surface area contributed by atoms with Gasteiger partial charge in [0.1, 0.15) is 34.4 Å². The van der Waals surface area contributed by atoms with Crippen molar-refractivity contribution in [3.8, 4) is 23.0 Å². The van der Waals surface area contributed by atoms with Crippen molar-refractivity contribution in [2.45, 2.75) is 36.6 Å². The number of thiazole rings is 1. The Morgan fingerprint density at radius 2 is 1.76 bits per heavy atom. The number of nitrogens with one attached hydrogen (secondary N) is 1. The number of aromatic nitrogens is 5. The summed E-state index contributed by atoms with van der Waals surface area (Å²) in [6.45, 7) is 1.20. The molecule has 2 aromatic carbocycles. The molecule has 8 N–H and O–H groups in total. The molecule has 2 aliphatic rings. The number of carboxylic acids is 1. The number of ether oxygens (including phenoxy) is 1. The molecule has 58 heavy (non-hydrogen) atoms. The standard InChI is InChI=1S/C34H29N9O11S3.Na.H/c1-14-6-24(43-34(36-14)38-23(40-43)10-53-32(52)16-3-5-20(45)22(47)8-16)55-11-17-12-56-30-26(29(49)42(30)27(17)31(50)51)39-28(48)25(18-13-57-33(35)37-18)41-54-9-15-2-4-19(44)21(46)7-15;;/h2-8,13,26,30,44-47H,9-12H2,1H3,(H2,35,37)(H,39,48)(H,50,51);;/b41-25-;;/t26-,30-;;/m1../s1. The van der Waals surface area contributed by atoms with Gasteiger partial charge in [0.25, 0.3) is 17.6 Å². The van der Waals surface area contributed by atoms with Crippen molar-refractivity contribution in [3.63, 3.8) is 0 Å².